The predicted molar refractivity (Wildman–Crippen MR) is 87.5 cm³/mol. The van der Waals surface area contributed by atoms with Crippen molar-refractivity contribution in [3.63, 3.8) is 0 Å². The number of hydrogen-bond acceptors (Lipinski definition) is 5. The lowest BCUT2D eigenvalue weighted by atomic mass is 9.89. The largest absolute Gasteiger partial charge is 0.393 e. The van der Waals surface area contributed by atoms with E-state index in [9.17, 15) is 14.3 Å². The van der Waals surface area contributed by atoms with Gasteiger partial charge >= 0.3 is 0 Å². The van der Waals surface area contributed by atoms with Crippen LogP contribution in [0.2, 0.25) is 0 Å². The molecule has 0 amide bonds. The fraction of sp³-hybridized carbons (Fsp3) is 0.412. The van der Waals surface area contributed by atoms with Crippen molar-refractivity contribution < 1.29 is 14.3 Å². The highest BCUT2D eigenvalue weighted by atomic mass is 19.1. The van der Waals surface area contributed by atoms with E-state index in [4.69, 9.17) is 5.73 Å². The van der Waals surface area contributed by atoms with Crippen molar-refractivity contribution in [3.8, 4) is 0 Å². The molecule has 2 unspecified atom stereocenters. The number of anilines is 2. The minimum absolute atomic E-state index is 0.187. The Hall–Kier alpha value is -2.41. The van der Waals surface area contributed by atoms with E-state index < -0.39 is 12.0 Å². The Kier molecular flexibility index (Phi) is 3.53. The van der Waals surface area contributed by atoms with Gasteiger partial charge in [0.25, 0.3) is 5.91 Å². The molecule has 2 heterocycles. The third-order valence-corrected chi connectivity index (χ3v) is 4.92. The fourth-order valence-electron chi connectivity index (χ4n) is 3.70. The molecule has 0 bridgehead atoms. The molecule has 2 aliphatic rings. The molecule has 7 heteroatoms. The Labute approximate surface area is 138 Å². The average Bonchev–Trinajstić information content (AvgIpc) is 2.90. The Bertz CT molecular complexity index is 817. The molecule has 0 saturated carbocycles. The number of rotatable bonds is 1. The number of benzene rings is 1. The second-order valence-corrected chi connectivity index (χ2v) is 6.46. The molecule has 24 heavy (non-hydrogen) atoms. The monoisotopic (exact) mass is 330 g/mol. The van der Waals surface area contributed by atoms with E-state index in [1.165, 1.54) is 16.8 Å². The summed E-state index contributed by atoms with van der Waals surface area (Å²) in [5.74, 6) is -0.703. The molecule has 1 aliphatic carbocycles. The van der Waals surface area contributed by atoms with Crippen LogP contribution >= 0.6 is 0 Å². The number of nitrogen functional groups attached to an aromatic ring is 1. The summed E-state index contributed by atoms with van der Waals surface area (Å²) in [6.45, 7) is 0.646. The van der Waals surface area contributed by atoms with Gasteiger partial charge in [-0.05, 0) is 43.0 Å². The number of aromatic nitrogens is 2. The van der Waals surface area contributed by atoms with E-state index in [0.717, 1.165) is 16.9 Å². The number of halogens is 1. The summed E-state index contributed by atoms with van der Waals surface area (Å²) in [5, 5.41) is 17.2. The predicted octanol–water partition coefficient (Wildman–Crippen LogP) is 1.69. The summed E-state index contributed by atoms with van der Waals surface area (Å²) in [6.07, 6.45) is 1.70. The summed E-state index contributed by atoms with van der Waals surface area (Å²) in [4.78, 5) is 13.1. The number of nitrogens with one attached hydrogen (secondary N) is 1. The van der Waals surface area contributed by atoms with Gasteiger partial charge in [-0.1, -0.05) is 0 Å². The molecular formula is C17H19FN4O2. The molecule has 0 spiro atoms. The number of aliphatic hydroxyl groups excluding tert-OH is 1. The molecule has 6 nitrogen and oxygen atoms in total. The van der Waals surface area contributed by atoms with E-state index in [1.807, 2.05) is 0 Å². The number of aliphatic hydroxyl groups is 1. The summed E-state index contributed by atoms with van der Waals surface area (Å²) in [5.41, 5.74) is 8.92. The van der Waals surface area contributed by atoms with Gasteiger partial charge < -0.3 is 16.2 Å². The second kappa shape index (κ2) is 5.59. The van der Waals surface area contributed by atoms with E-state index in [2.05, 4.69) is 10.4 Å². The molecule has 4 rings (SSSR count). The zero-order valence-corrected chi connectivity index (χ0v) is 13.1. The van der Waals surface area contributed by atoms with Gasteiger partial charge in [0.15, 0.2) is 0 Å². The Balaban J connectivity index is 1.74. The number of nitrogens with zero attached hydrogens (tertiary/aromatic N) is 2. The van der Waals surface area contributed by atoms with Gasteiger partial charge in [-0.15, -0.1) is 5.10 Å². The topological polar surface area (TPSA) is 93.2 Å². The number of carbonyl (C=O) groups is 1. The third-order valence-electron chi connectivity index (χ3n) is 4.92. The van der Waals surface area contributed by atoms with Crippen LogP contribution in [-0.4, -0.2) is 33.4 Å². The fourth-order valence-corrected chi connectivity index (χ4v) is 3.70. The molecule has 2 aromatic rings. The first kappa shape index (κ1) is 15.1. The smallest absolute Gasteiger partial charge is 0.254 e. The van der Waals surface area contributed by atoms with Crippen molar-refractivity contribution >= 4 is 17.4 Å². The van der Waals surface area contributed by atoms with Gasteiger partial charge in [-0.25, -0.2) is 9.07 Å². The van der Waals surface area contributed by atoms with Crippen LogP contribution in [-0.2, 0) is 12.8 Å². The Morgan fingerprint density at radius 2 is 2.25 bits per heavy atom. The lowest BCUT2D eigenvalue weighted by Crippen LogP contribution is -2.30. The minimum atomic E-state index is -0.452. The maximum absolute atomic E-state index is 13.6. The Morgan fingerprint density at radius 3 is 3.08 bits per heavy atom. The van der Waals surface area contributed by atoms with Crippen LogP contribution in [0, 0.1) is 5.82 Å². The van der Waals surface area contributed by atoms with Gasteiger partial charge in [-0.2, -0.15) is 0 Å². The quantitative estimate of drug-likeness (QED) is 0.740. The molecule has 126 valence electrons. The lowest BCUT2D eigenvalue weighted by molar-refractivity contribution is 0.0848. The minimum Gasteiger partial charge on any atom is -0.393 e. The third kappa shape index (κ3) is 2.36. The second-order valence-electron chi connectivity index (χ2n) is 6.46. The van der Waals surface area contributed by atoms with Crippen molar-refractivity contribution in [3.05, 3.63) is 40.8 Å². The van der Waals surface area contributed by atoms with Crippen LogP contribution < -0.4 is 11.1 Å². The Morgan fingerprint density at radius 1 is 1.42 bits per heavy atom. The molecule has 2 atom stereocenters. The zero-order valence-electron chi connectivity index (χ0n) is 13.1. The van der Waals surface area contributed by atoms with Crippen LogP contribution in [0.5, 0.6) is 0 Å². The number of carbonyl (C=O) groups excluding carboxylic acids is 1. The van der Waals surface area contributed by atoms with E-state index in [1.54, 1.807) is 6.07 Å². The summed E-state index contributed by atoms with van der Waals surface area (Å²) in [7, 11) is 0. The first-order valence-electron chi connectivity index (χ1n) is 8.16. The molecule has 1 aliphatic heterocycles. The molecule has 0 saturated heterocycles. The standard InChI is InChI=1S/C17H19FN4O2/c18-9-1-3-14-12(7-9)11(5-6-20-14)17(24)22-15-4-2-10(23)8-13(15)16(19)21-22/h1,3,7,10-11,20,23H,2,4-6,8H2,(H2,19,21). The summed E-state index contributed by atoms with van der Waals surface area (Å²) in [6, 6.07) is 4.45. The highest BCUT2D eigenvalue weighted by molar-refractivity contribution is 5.89. The van der Waals surface area contributed by atoms with Gasteiger partial charge in [0.1, 0.15) is 11.6 Å². The lowest BCUT2D eigenvalue weighted by Gasteiger charge is -2.26. The van der Waals surface area contributed by atoms with Crippen molar-refractivity contribution in [2.45, 2.75) is 37.7 Å². The van der Waals surface area contributed by atoms with Gasteiger partial charge in [0.2, 0.25) is 0 Å². The highest BCUT2D eigenvalue weighted by Crippen LogP contribution is 2.35. The van der Waals surface area contributed by atoms with Crippen molar-refractivity contribution in [1.29, 1.82) is 0 Å². The van der Waals surface area contributed by atoms with E-state index in [0.29, 0.717) is 43.6 Å². The first-order chi connectivity index (χ1) is 11.5. The van der Waals surface area contributed by atoms with Crippen molar-refractivity contribution in [1.82, 2.24) is 9.78 Å². The average molecular weight is 330 g/mol. The number of nitrogens with two attached hydrogens (primary N) is 1. The number of hydrogen-bond donors (Lipinski definition) is 3. The SMILES string of the molecule is Nc1nn(C(=O)C2CCNc3ccc(F)cc32)c2c1CC(O)CC2. The molecule has 0 radical (unpaired) electrons. The van der Waals surface area contributed by atoms with Gasteiger partial charge in [0, 0.05) is 24.2 Å². The summed E-state index contributed by atoms with van der Waals surface area (Å²) < 4.78 is 15.0. The zero-order chi connectivity index (χ0) is 16.8. The van der Waals surface area contributed by atoms with Crippen molar-refractivity contribution in [2.24, 2.45) is 0 Å². The van der Waals surface area contributed by atoms with E-state index >= 15 is 0 Å². The van der Waals surface area contributed by atoms with Gasteiger partial charge in [-0.3, -0.25) is 4.79 Å². The van der Waals surface area contributed by atoms with Crippen LogP contribution in [0.15, 0.2) is 18.2 Å². The van der Waals surface area contributed by atoms with Gasteiger partial charge in [0.05, 0.1) is 17.7 Å². The number of fused-ring (bicyclic) bond motifs is 2. The maximum Gasteiger partial charge on any atom is 0.254 e. The van der Waals surface area contributed by atoms with Crippen molar-refractivity contribution in [2.75, 3.05) is 17.6 Å². The maximum atomic E-state index is 13.6. The molecule has 0 fully saturated rings. The molecule has 4 N–H and O–H groups in total. The van der Waals surface area contributed by atoms with E-state index in [-0.39, 0.29) is 11.7 Å². The molecular weight excluding hydrogens is 311 g/mol. The van der Waals surface area contributed by atoms with Crippen LogP contribution in [0.3, 0.4) is 0 Å². The van der Waals surface area contributed by atoms with Crippen LogP contribution in [0.25, 0.3) is 0 Å². The molecule has 1 aromatic carbocycles. The van der Waals surface area contributed by atoms with Crippen LogP contribution in [0.4, 0.5) is 15.9 Å². The van der Waals surface area contributed by atoms with Crippen LogP contribution in [0.1, 0.15) is 40.4 Å². The molecule has 1 aromatic heterocycles. The summed E-state index contributed by atoms with van der Waals surface area (Å²) >= 11 is 0. The first-order valence-corrected chi connectivity index (χ1v) is 8.16. The highest BCUT2D eigenvalue weighted by Gasteiger charge is 2.33. The normalized spacial score (nSPS) is 22.4.